The van der Waals surface area contributed by atoms with Crippen molar-refractivity contribution in [2.24, 2.45) is 0 Å². The van der Waals surface area contributed by atoms with Crippen LogP contribution in [0.2, 0.25) is 0 Å². The molecular formula is C15H13BrN2O4. The highest BCUT2D eigenvalue weighted by molar-refractivity contribution is 9.10. The van der Waals surface area contributed by atoms with Crippen LogP contribution >= 0.6 is 15.9 Å². The molecule has 0 unspecified atom stereocenters. The van der Waals surface area contributed by atoms with Crippen molar-refractivity contribution in [1.82, 2.24) is 4.98 Å². The van der Waals surface area contributed by atoms with Gasteiger partial charge in [0.15, 0.2) is 5.78 Å². The molecule has 0 saturated carbocycles. The monoisotopic (exact) mass is 364 g/mol. The lowest BCUT2D eigenvalue weighted by Crippen LogP contribution is -2.12. The Labute approximate surface area is 135 Å². The number of hydrogen-bond acceptors (Lipinski definition) is 5. The van der Waals surface area contributed by atoms with Crippen molar-refractivity contribution < 1.29 is 19.1 Å². The van der Waals surface area contributed by atoms with Gasteiger partial charge in [-0.25, -0.2) is 9.78 Å². The van der Waals surface area contributed by atoms with E-state index in [2.05, 4.69) is 31.0 Å². The molecule has 0 aliphatic heterocycles. The number of anilines is 1. The maximum Gasteiger partial charge on any atom is 0.411 e. The number of methoxy groups -OCH3 is 2. The molecule has 114 valence electrons. The SMILES string of the molecule is COC(=O)Nc1cc(Br)cc(C(=O)c2ccnc(OC)c2)c1. The van der Waals surface area contributed by atoms with E-state index < -0.39 is 6.09 Å². The minimum absolute atomic E-state index is 0.213. The zero-order valence-corrected chi connectivity index (χ0v) is 13.5. The molecule has 1 N–H and O–H groups in total. The molecule has 0 bridgehead atoms. The smallest absolute Gasteiger partial charge is 0.411 e. The second-order valence-corrected chi connectivity index (χ2v) is 5.18. The molecular weight excluding hydrogens is 352 g/mol. The minimum Gasteiger partial charge on any atom is -0.481 e. The standard InChI is InChI=1S/C15H13BrN2O4/c1-21-13-7-9(3-4-17-13)14(19)10-5-11(16)8-12(6-10)18-15(20)22-2/h3-8H,1-2H3,(H,18,20). The molecule has 2 aromatic rings. The number of benzene rings is 1. The van der Waals surface area contributed by atoms with E-state index in [0.717, 1.165) is 0 Å². The van der Waals surface area contributed by atoms with E-state index in [0.29, 0.717) is 27.2 Å². The Morgan fingerprint density at radius 1 is 1.14 bits per heavy atom. The Bertz CT molecular complexity index is 718. The number of aromatic nitrogens is 1. The van der Waals surface area contributed by atoms with Crippen LogP contribution in [0.15, 0.2) is 41.0 Å². The van der Waals surface area contributed by atoms with E-state index >= 15 is 0 Å². The van der Waals surface area contributed by atoms with Gasteiger partial charge in [-0.3, -0.25) is 10.1 Å². The summed E-state index contributed by atoms with van der Waals surface area (Å²) in [6, 6.07) is 8.05. The number of ether oxygens (including phenoxy) is 2. The molecule has 1 heterocycles. The van der Waals surface area contributed by atoms with Crippen molar-refractivity contribution >= 4 is 33.5 Å². The molecule has 0 radical (unpaired) electrons. The summed E-state index contributed by atoms with van der Waals surface area (Å²) in [6.07, 6.45) is 0.888. The Kier molecular flexibility index (Phi) is 5.11. The average Bonchev–Trinajstić information content (AvgIpc) is 2.53. The predicted molar refractivity (Wildman–Crippen MR) is 84.4 cm³/mol. The largest absolute Gasteiger partial charge is 0.481 e. The number of carbonyl (C=O) groups excluding carboxylic acids is 2. The van der Waals surface area contributed by atoms with E-state index in [1.807, 2.05) is 0 Å². The van der Waals surface area contributed by atoms with Gasteiger partial charge in [0.2, 0.25) is 5.88 Å². The zero-order chi connectivity index (χ0) is 16.1. The summed E-state index contributed by atoms with van der Waals surface area (Å²) >= 11 is 3.31. The number of halogens is 1. The van der Waals surface area contributed by atoms with Gasteiger partial charge in [-0.1, -0.05) is 15.9 Å². The molecule has 0 atom stereocenters. The first-order valence-corrected chi connectivity index (χ1v) is 7.03. The maximum absolute atomic E-state index is 12.5. The fraction of sp³-hybridized carbons (Fsp3) is 0.133. The molecule has 6 nitrogen and oxygen atoms in total. The molecule has 0 spiro atoms. The third-order valence-corrected chi connectivity index (χ3v) is 3.26. The van der Waals surface area contributed by atoms with Gasteiger partial charge < -0.3 is 9.47 Å². The number of rotatable bonds is 4. The molecule has 22 heavy (non-hydrogen) atoms. The molecule has 0 aliphatic rings. The first kappa shape index (κ1) is 16.0. The van der Waals surface area contributed by atoms with Gasteiger partial charge in [0.1, 0.15) is 0 Å². The molecule has 0 fully saturated rings. The highest BCUT2D eigenvalue weighted by atomic mass is 79.9. The zero-order valence-electron chi connectivity index (χ0n) is 11.9. The van der Waals surface area contributed by atoms with Gasteiger partial charge in [0.25, 0.3) is 0 Å². The minimum atomic E-state index is -0.609. The van der Waals surface area contributed by atoms with Crippen LogP contribution in [0, 0.1) is 0 Å². The average molecular weight is 365 g/mol. The van der Waals surface area contributed by atoms with Crippen molar-refractivity contribution in [3.63, 3.8) is 0 Å². The maximum atomic E-state index is 12.5. The van der Waals surface area contributed by atoms with Crippen LogP contribution in [0.5, 0.6) is 5.88 Å². The number of amides is 1. The third kappa shape index (κ3) is 3.82. The lowest BCUT2D eigenvalue weighted by atomic mass is 10.0. The second kappa shape index (κ2) is 7.04. The fourth-order valence-corrected chi connectivity index (χ4v) is 2.28. The van der Waals surface area contributed by atoms with Crippen molar-refractivity contribution in [3.05, 3.63) is 52.1 Å². The Morgan fingerprint density at radius 3 is 2.59 bits per heavy atom. The van der Waals surface area contributed by atoms with Gasteiger partial charge in [0, 0.05) is 33.6 Å². The first-order chi connectivity index (χ1) is 10.5. The summed E-state index contributed by atoms with van der Waals surface area (Å²) in [7, 11) is 2.75. The number of ketones is 1. The highest BCUT2D eigenvalue weighted by Crippen LogP contribution is 2.22. The van der Waals surface area contributed by atoms with Gasteiger partial charge in [0.05, 0.1) is 14.2 Å². The predicted octanol–water partition coefficient (Wildman–Crippen LogP) is 3.26. The van der Waals surface area contributed by atoms with Crippen LogP contribution in [-0.2, 0) is 4.74 Å². The van der Waals surface area contributed by atoms with Crippen molar-refractivity contribution in [2.75, 3.05) is 19.5 Å². The summed E-state index contributed by atoms with van der Waals surface area (Å²) in [5.41, 5.74) is 1.30. The van der Waals surface area contributed by atoms with Crippen LogP contribution in [0.25, 0.3) is 0 Å². The molecule has 1 amide bonds. The van der Waals surface area contributed by atoms with Crippen LogP contribution in [0.3, 0.4) is 0 Å². The van der Waals surface area contributed by atoms with E-state index in [9.17, 15) is 9.59 Å². The summed E-state index contributed by atoms with van der Waals surface area (Å²) in [5, 5.41) is 2.52. The van der Waals surface area contributed by atoms with E-state index in [1.54, 1.807) is 30.3 Å². The Morgan fingerprint density at radius 2 is 1.91 bits per heavy atom. The fourth-order valence-electron chi connectivity index (χ4n) is 1.79. The normalized spacial score (nSPS) is 9.95. The highest BCUT2D eigenvalue weighted by Gasteiger charge is 2.13. The van der Waals surface area contributed by atoms with Gasteiger partial charge in [-0.05, 0) is 24.3 Å². The lowest BCUT2D eigenvalue weighted by molar-refractivity contribution is 0.103. The molecule has 0 aliphatic carbocycles. The van der Waals surface area contributed by atoms with Gasteiger partial charge >= 0.3 is 6.09 Å². The summed E-state index contributed by atoms with van der Waals surface area (Å²) in [4.78, 5) is 27.8. The van der Waals surface area contributed by atoms with Crippen LogP contribution in [0.1, 0.15) is 15.9 Å². The first-order valence-electron chi connectivity index (χ1n) is 6.24. The van der Waals surface area contributed by atoms with Crippen molar-refractivity contribution in [3.8, 4) is 5.88 Å². The van der Waals surface area contributed by atoms with Crippen molar-refractivity contribution in [2.45, 2.75) is 0 Å². The molecule has 0 saturated heterocycles. The third-order valence-electron chi connectivity index (χ3n) is 2.80. The van der Waals surface area contributed by atoms with Gasteiger partial charge in [-0.2, -0.15) is 0 Å². The van der Waals surface area contributed by atoms with Crippen LogP contribution in [-0.4, -0.2) is 31.1 Å². The van der Waals surface area contributed by atoms with Crippen LogP contribution < -0.4 is 10.1 Å². The number of hydrogen-bond donors (Lipinski definition) is 1. The quantitative estimate of drug-likeness (QED) is 0.842. The number of nitrogens with one attached hydrogen (secondary N) is 1. The number of nitrogens with zero attached hydrogens (tertiary/aromatic N) is 1. The molecule has 2 rings (SSSR count). The van der Waals surface area contributed by atoms with E-state index in [1.165, 1.54) is 20.4 Å². The van der Waals surface area contributed by atoms with Crippen LogP contribution in [0.4, 0.5) is 10.5 Å². The van der Waals surface area contributed by atoms with Crippen molar-refractivity contribution in [1.29, 1.82) is 0 Å². The number of carbonyl (C=O) groups is 2. The molecule has 7 heteroatoms. The lowest BCUT2D eigenvalue weighted by Gasteiger charge is -2.08. The topological polar surface area (TPSA) is 77.5 Å². The summed E-state index contributed by atoms with van der Waals surface area (Å²) in [6.45, 7) is 0. The Hall–Kier alpha value is -2.41. The van der Waals surface area contributed by atoms with E-state index in [4.69, 9.17) is 4.74 Å². The van der Waals surface area contributed by atoms with E-state index in [-0.39, 0.29) is 5.78 Å². The Balaban J connectivity index is 2.34. The summed E-state index contributed by atoms with van der Waals surface area (Å²) < 4.78 is 10.2. The molecule has 1 aromatic heterocycles. The second-order valence-electron chi connectivity index (χ2n) is 4.26. The van der Waals surface area contributed by atoms with Gasteiger partial charge in [-0.15, -0.1) is 0 Å². The molecule has 1 aromatic carbocycles. The summed E-state index contributed by atoms with van der Waals surface area (Å²) in [5.74, 6) is 0.142. The number of pyridine rings is 1.